The summed E-state index contributed by atoms with van der Waals surface area (Å²) < 4.78 is 1.12. The number of nitrogens with zero attached hydrogens (tertiary/aromatic N) is 5. The second-order valence-corrected chi connectivity index (χ2v) is 4.92. The van der Waals surface area contributed by atoms with Gasteiger partial charge in [-0.15, -0.1) is 11.3 Å². The van der Waals surface area contributed by atoms with Gasteiger partial charge in [-0.1, -0.05) is 12.1 Å². The van der Waals surface area contributed by atoms with Crippen molar-refractivity contribution in [3.63, 3.8) is 0 Å². The van der Waals surface area contributed by atoms with Crippen LogP contribution in [0.4, 0.5) is 0 Å². The van der Waals surface area contributed by atoms with Crippen LogP contribution in [0.25, 0.3) is 32.1 Å². The number of para-hydroxylation sites is 1. The molecule has 1 radical (unpaired) electrons. The fourth-order valence-corrected chi connectivity index (χ4v) is 2.83. The van der Waals surface area contributed by atoms with Crippen LogP contribution in [0.5, 0.6) is 0 Å². The highest BCUT2D eigenvalue weighted by Gasteiger charge is 2.12. The van der Waals surface area contributed by atoms with Gasteiger partial charge in [-0.3, -0.25) is 0 Å². The summed E-state index contributed by atoms with van der Waals surface area (Å²) in [4.78, 5) is 21.2. The number of hydrogen-bond acceptors (Lipinski definition) is 6. The summed E-state index contributed by atoms with van der Waals surface area (Å²) in [5.74, 6) is 0. The molecule has 19 heavy (non-hydrogen) atoms. The van der Waals surface area contributed by atoms with Crippen molar-refractivity contribution in [2.24, 2.45) is 0 Å². The lowest BCUT2D eigenvalue weighted by atomic mass is 10.3. The Morgan fingerprint density at radius 2 is 1.89 bits per heavy atom. The molecule has 0 bridgehead atoms. The maximum atomic E-state index is 4.57. The van der Waals surface area contributed by atoms with E-state index in [4.69, 9.17) is 0 Å². The van der Waals surface area contributed by atoms with Gasteiger partial charge in [-0.25, -0.2) is 24.9 Å². The maximum Gasteiger partial charge on any atom is 0.200 e. The molecular weight excluding hydrogens is 258 g/mol. The van der Waals surface area contributed by atoms with Crippen LogP contribution in [-0.4, -0.2) is 24.9 Å². The van der Waals surface area contributed by atoms with Crippen LogP contribution in [0.2, 0.25) is 0 Å². The number of thiazole rings is 1. The third kappa shape index (κ3) is 1.65. The first-order valence-electron chi connectivity index (χ1n) is 5.62. The monoisotopic (exact) mass is 264 g/mol. The second kappa shape index (κ2) is 4.03. The minimum atomic E-state index is 0.534. The summed E-state index contributed by atoms with van der Waals surface area (Å²) in [6, 6.07) is 7.98. The van der Waals surface area contributed by atoms with Gasteiger partial charge in [0.15, 0.2) is 5.65 Å². The van der Waals surface area contributed by atoms with Gasteiger partial charge < -0.3 is 0 Å². The number of aromatic nitrogens is 5. The first kappa shape index (κ1) is 10.5. The molecule has 0 amide bonds. The summed E-state index contributed by atoms with van der Waals surface area (Å²) >= 11 is 1.58. The van der Waals surface area contributed by atoms with Crippen molar-refractivity contribution in [2.75, 3.05) is 0 Å². The van der Waals surface area contributed by atoms with Gasteiger partial charge in [0.05, 0.1) is 10.2 Å². The van der Waals surface area contributed by atoms with Crippen LogP contribution in [0, 0.1) is 6.33 Å². The van der Waals surface area contributed by atoms with Crippen molar-refractivity contribution in [3.05, 3.63) is 43.0 Å². The maximum absolute atomic E-state index is 4.57. The smallest absolute Gasteiger partial charge is 0.200 e. The number of fused-ring (bicyclic) bond motifs is 2. The minimum Gasteiger partial charge on any atom is -0.249 e. The van der Waals surface area contributed by atoms with Gasteiger partial charge in [-0.2, -0.15) is 0 Å². The molecule has 0 saturated carbocycles. The van der Waals surface area contributed by atoms with Gasteiger partial charge in [0.1, 0.15) is 16.2 Å². The lowest BCUT2D eigenvalue weighted by Crippen LogP contribution is -1.93. The fourth-order valence-electron chi connectivity index (χ4n) is 1.88. The summed E-state index contributed by atoms with van der Waals surface area (Å²) in [6.07, 6.45) is 5.84. The lowest BCUT2D eigenvalue weighted by Gasteiger charge is -1.98. The van der Waals surface area contributed by atoms with Gasteiger partial charge >= 0.3 is 0 Å². The fraction of sp³-hybridized carbons (Fsp3) is 0. The molecule has 0 atom stereocenters. The molecule has 0 saturated heterocycles. The topological polar surface area (TPSA) is 64.5 Å². The van der Waals surface area contributed by atoms with Gasteiger partial charge in [0, 0.05) is 12.4 Å². The molecule has 0 aliphatic carbocycles. The van der Waals surface area contributed by atoms with Gasteiger partial charge in [0.2, 0.25) is 6.33 Å². The van der Waals surface area contributed by atoms with E-state index in [0.717, 1.165) is 15.2 Å². The molecule has 6 heteroatoms. The average molecular weight is 264 g/mol. The molecule has 0 N–H and O–H groups in total. The quantitative estimate of drug-likeness (QED) is 0.528. The molecule has 0 spiro atoms. The molecule has 3 aromatic heterocycles. The Hall–Kier alpha value is -2.47. The van der Waals surface area contributed by atoms with E-state index in [1.165, 1.54) is 0 Å². The van der Waals surface area contributed by atoms with E-state index in [-0.39, 0.29) is 0 Å². The van der Waals surface area contributed by atoms with Crippen LogP contribution in [0.3, 0.4) is 0 Å². The Balaban J connectivity index is 2.03. The van der Waals surface area contributed by atoms with Crippen molar-refractivity contribution in [1.29, 1.82) is 0 Å². The molecule has 0 aliphatic rings. The Morgan fingerprint density at radius 3 is 2.84 bits per heavy atom. The van der Waals surface area contributed by atoms with Crippen LogP contribution < -0.4 is 0 Å². The summed E-state index contributed by atoms with van der Waals surface area (Å²) in [7, 11) is 0. The Labute approximate surface area is 112 Å². The first-order chi connectivity index (χ1) is 9.42. The highest BCUT2D eigenvalue weighted by molar-refractivity contribution is 7.21. The molecule has 1 aromatic carbocycles. The summed E-state index contributed by atoms with van der Waals surface area (Å²) in [5, 5.41) is 0.811. The van der Waals surface area contributed by atoms with E-state index in [9.17, 15) is 0 Å². The summed E-state index contributed by atoms with van der Waals surface area (Å²) in [5.41, 5.74) is 2.82. The van der Waals surface area contributed by atoms with Crippen LogP contribution in [0.1, 0.15) is 0 Å². The Kier molecular flexibility index (Phi) is 2.22. The molecule has 0 fully saturated rings. The van der Waals surface area contributed by atoms with Gasteiger partial charge in [-0.05, 0) is 12.1 Å². The molecule has 89 valence electrons. The largest absolute Gasteiger partial charge is 0.249 e. The normalized spacial score (nSPS) is 11.2. The number of benzene rings is 1. The summed E-state index contributed by atoms with van der Waals surface area (Å²) in [6.45, 7) is 0. The van der Waals surface area contributed by atoms with E-state index in [2.05, 4.69) is 31.2 Å². The van der Waals surface area contributed by atoms with E-state index in [0.29, 0.717) is 16.9 Å². The predicted molar refractivity (Wildman–Crippen MR) is 72.6 cm³/mol. The molecule has 4 aromatic rings. The minimum absolute atomic E-state index is 0.534. The Morgan fingerprint density at radius 1 is 1.00 bits per heavy atom. The highest BCUT2D eigenvalue weighted by Crippen LogP contribution is 2.30. The zero-order chi connectivity index (χ0) is 12.7. The standard InChI is InChI=1S/C13H6N5S/c1-2-4-9-8(3-1)18-13(19-9)11-10-12(17-7-16-11)15-6-5-14-10/h1-6H. The van der Waals surface area contributed by atoms with E-state index in [1.54, 1.807) is 23.7 Å². The van der Waals surface area contributed by atoms with E-state index >= 15 is 0 Å². The third-order valence-corrected chi connectivity index (χ3v) is 3.76. The molecular formula is C13H6N5S. The average Bonchev–Trinajstić information content (AvgIpc) is 2.90. The predicted octanol–water partition coefficient (Wildman–Crippen LogP) is 2.50. The van der Waals surface area contributed by atoms with Crippen molar-refractivity contribution in [1.82, 2.24) is 24.9 Å². The number of hydrogen-bond donors (Lipinski definition) is 0. The van der Waals surface area contributed by atoms with Crippen LogP contribution in [-0.2, 0) is 0 Å². The van der Waals surface area contributed by atoms with E-state index < -0.39 is 0 Å². The van der Waals surface area contributed by atoms with Crippen molar-refractivity contribution >= 4 is 32.7 Å². The highest BCUT2D eigenvalue weighted by atomic mass is 32.1. The molecule has 5 nitrogen and oxygen atoms in total. The Bertz CT molecular complexity index is 848. The van der Waals surface area contributed by atoms with Crippen molar-refractivity contribution < 1.29 is 0 Å². The zero-order valence-corrected chi connectivity index (χ0v) is 10.4. The first-order valence-corrected chi connectivity index (χ1v) is 6.44. The lowest BCUT2D eigenvalue weighted by molar-refractivity contribution is 1.13. The van der Waals surface area contributed by atoms with Crippen molar-refractivity contribution in [3.8, 4) is 10.7 Å². The van der Waals surface area contributed by atoms with Crippen LogP contribution in [0.15, 0.2) is 36.7 Å². The van der Waals surface area contributed by atoms with Gasteiger partial charge in [0.25, 0.3) is 0 Å². The molecule has 0 aliphatic heterocycles. The number of rotatable bonds is 1. The third-order valence-electron chi connectivity index (χ3n) is 2.72. The SMILES string of the molecule is [c]1nc(-c2nc3ccccc3s2)c2nccnc2n1. The second-order valence-electron chi connectivity index (χ2n) is 3.89. The van der Waals surface area contributed by atoms with Crippen molar-refractivity contribution in [2.45, 2.75) is 0 Å². The van der Waals surface area contributed by atoms with E-state index in [1.807, 2.05) is 24.3 Å². The molecule has 0 unspecified atom stereocenters. The molecule has 4 rings (SSSR count). The molecule has 3 heterocycles. The zero-order valence-electron chi connectivity index (χ0n) is 9.61. The van der Waals surface area contributed by atoms with Crippen LogP contribution >= 0.6 is 11.3 Å².